The van der Waals surface area contributed by atoms with Crippen LogP contribution < -0.4 is 5.32 Å². The SMILES string of the molecule is Cc1coc(Sc2ccc(CNC(C)(C)C)cc2C#N)n1. The molecule has 0 unspecified atom stereocenters. The molecule has 1 aromatic carbocycles. The summed E-state index contributed by atoms with van der Waals surface area (Å²) in [5, 5.41) is 13.3. The van der Waals surface area contributed by atoms with Crippen LogP contribution in [-0.4, -0.2) is 10.5 Å². The Morgan fingerprint density at radius 3 is 2.71 bits per heavy atom. The number of nitriles is 1. The molecule has 0 saturated carbocycles. The first kappa shape index (κ1) is 15.6. The van der Waals surface area contributed by atoms with Gasteiger partial charge < -0.3 is 9.73 Å². The van der Waals surface area contributed by atoms with E-state index in [-0.39, 0.29) is 5.54 Å². The first-order valence-corrected chi connectivity index (χ1v) is 7.57. The molecular formula is C16H19N3OS. The van der Waals surface area contributed by atoms with Crippen molar-refractivity contribution in [2.24, 2.45) is 0 Å². The number of hydrogen-bond acceptors (Lipinski definition) is 5. The van der Waals surface area contributed by atoms with E-state index in [0.29, 0.717) is 10.8 Å². The fourth-order valence-corrected chi connectivity index (χ4v) is 2.53. The summed E-state index contributed by atoms with van der Waals surface area (Å²) in [4.78, 5) is 5.11. The van der Waals surface area contributed by atoms with Crippen molar-refractivity contribution < 1.29 is 4.42 Å². The number of aryl methyl sites for hydroxylation is 1. The van der Waals surface area contributed by atoms with Crippen LogP contribution in [-0.2, 0) is 6.54 Å². The second kappa shape index (κ2) is 6.33. The monoisotopic (exact) mass is 301 g/mol. The molecule has 0 saturated heterocycles. The molecule has 1 N–H and O–H groups in total. The Labute approximate surface area is 129 Å². The number of aromatic nitrogens is 1. The van der Waals surface area contributed by atoms with E-state index in [0.717, 1.165) is 22.7 Å². The summed E-state index contributed by atoms with van der Waals surface area (Å²) in [6.45, 7) is 8.97. The molecule has 2 rings (SSSR count). The van der Waals surface area contributed by atoms with Gasteiger partial charge in [0.05, 0.1) is 11.3 Å². The van der Waals surface area contributed by atoms with Crippen LogP contribution in [0.4, 0.5) is 0 Å². The maximum absolute atomic E-state index is 9.32. The molecule has 0 bridgehead atoms. The number of oxazole rings is 1. The van der Waals surface area contributed by atoms with Crippen molar-refractivity contribution in [1.82, 2.24) is 10.3 Å². The molecular weight excluding hydrogens is 282 g/mol. The van der Waals surface area contributed by atoms with E-state index < -0.39 is 0 Å². The molecule has 1 aromatic heterocycles. The van der Waals surface area contributed by atoms with Gasteiger partial charge in [0.1, 0.15) is 12.3 Å². The molecule has 0 amide bonds. The zero-order chi connectivity index (χ0) is 15.5. The van der Waals surface area contributed by atoms with Gasteiger partial charge in [-0.25, -0.2) is 4.98 Å². The number of rotatable bonds is 4. The van der Waals surface area contributed by atoms with Gasteiger partial charge >= 0.3 is 0 Å². The van der Waals surface area contributed by atoms with Gasteiger partial charge in [-0.15, -0.1) is 0 Å². The fourth-order valence-electron chi connectivity index (χ4n) is 1.70. The van der Waals surface area contributed by atoms with Gasteiger partial charge in [-0.1, -0.05) is 6.07 Å². The molecule has 0 radical (unpaired) electrons. The van der Waals surface area contributed by atoms with Crippen molar-refractivity contribution in [3.63, 3.8) is 0 Å². The maximum Gasteiger partial charge on any atom is 0.260 e. The Hall–Kier alpha value is -1.77. The van der Waals surface area contributed by atoms with Gasteiger partial charge in [-0.3, -0.25) is 0 Å². The Bertz CT molecular complexity index is 665. The normalized spacial score (nSPS) is 11.4. The zero-order valence-electron chi connectivity index (χ0n) is 12.7. The minimum atomic E-state index is 0.0514. The molecule has 0 fully saturated rings. The largest absolute Gasteiger partial charge is 0.439 e. The minimum Gasteiger partial charge on any atom is -0.439 e. The van der Waals surface area contributed by atoms with Crippen molar-refractivity contribution >= 4 is 11.8 Å². The van der Waals surface area contributed by atoms with Crippen molar-refractivity contribution in [2.45, 2.75) is 49.9 Å². The molecule has 21 heavy (non-hydrogen) atoms. The van der Waals surface area contributed by atoms with Gasteiger partial charge in [0.25, 0.3) is 5.22 Å². The number of nitrogens with zero attached hydrogens (tertiary/aromatic N) is 2. The van der Waals surface area contributed by atoms with E-state index in [1.54, 1.807) is 6.26 Å². The third-order valence-corrected chi connectivity index (χ3v) is 3.72. The third kappa shape index (κ3) is 4.62. The smallest absolute Gasteiger partial charge is 0.260 e. The average Bonchev–Trinajstić information content (AvgIpc) is 2.82. The van der Waals surface area contributed by atoms with Crippen LogP contribution in [0.25, 0.3) is 0 Å². The molecule has 2 aromatic rings. The quantitative estimate of drug-likeness (QED) is 0.928. The topological polar surface area (TPSA) is 61.9 Å². The molecule has 0 atom stereocenters. The van der Waals surface area contributed by atoms with Gasteiger partial charge in [-0.2, -0.15) is 5.26 Å². The van der Waals surface area contributed by atoms with Gasteiger partial charge in [0, 0.05) is 17.0 Å². The summed E-state index contributed by atoms with van der Waals surface area (Å²) in [6, 6.07) is 8.13. The van der Waals surface area contributed by atoms with E-state index >= 15 is 0 Å². The number of hydrogen-bond donors (Lipinski definition) is 1. The van der Waals surface area contributed by atoms with Crippen molar-refractivity contribution in [1.29, 1.82) is 5.26 Å². The molecule has 5 heteroatoms. The minimum absolute atomic E-state index is 0.0514. The average molecular weight is 301 g/mol. The van der Waals surface area contributed by atoms with Gasteiger partial charge in [0.15, 0.2) is 0 Å². The van der Waals surface area contributed by atoms with E-state index in [1.165, 1.54) is 11.8 Å². The lowest BCUT2D eigenvalue weighted by molar-refractivity contribution is 0.424. The summed E-state index contributed by atoms with van der Waals surface area (Å²) < 4.78 is 5.32. The zero-order valence-corrected chi connectivity index (χ0v) is 13.5. The Morgan fingerprint density at radius 1 is 1.38 bits per heavy atom. The van der Waals surface area contributed by atoms with Gasteiger partial charge in [0.2, 0.25) is 0 Å². The highest BCUT2D eigenvalue weighted by atomic mass is 32.2. The van der Waals surface area contributed by atoms with Crippen molar-refractivity contribution in [3.8, 4) is 6.07 Å². The molecule has 1 heterocycles. The van der Waals surface area contributed by atoms with Crippen LogP contribution in [0.3, 0.4) is 0 Å². The standard InChI is InChI=1S/C16H19N3OS/c1-11-10-20-15(19-11)21-14-6-5-12(7-13(14)8-17)9-18-16(2,3)4/h5-7,10,18H,9H2,1-4H3. The van der Waals surface area contributed by atoms with Crippen LogP contribution in [0.1, 0.15) is 37.6 Å². The Morgan fingerprint density at radius 2 is 2.14 bits per heavy atom. The van der Waals surface area contributed by atoms with E-state index in [1.807, 2.05) is 25.1 Å². The Balaban J connectivity index is 2.15. The van der Waals surface area contributed by atoms with Crippen LogP contribution in [0.2, 0.25) is 0 Å². The maximum atomic E-state index is 9.32. The lowest BCUT2D eigenvalue weighted by atomic mass is 10.1. The summed E-state index contributed by atoms with van der Waals surface area (Å²) >= 11 is 1.37. The van der Waals surface area contributed by atoms with Crippen LogP contribution in [0, 0.1) is 18.3 Å². The van der Waals surface area contributed by atoms with Crippen molar-refractivity contribution in [3.05, 3.63) is 41.3 Å². The molecule has 0 aliphatic heterocycles. The highest BCUT2D eigenvalue weighted by Gasteiger charge is 2.12. The fraction of sp³-hybridized carbons (Fsp3) is 0.375. The summed E-state index contributed by atoms with van der Waals surface area (Å²) in [5.41, 5.74) is 2.62. The molecule has 0 aliphatic carbocycles. The number of nitrogens with one attached hydrogen (secondary N) is 1. The predicted molar refractivity (Wildman–Crippen MR) is 83.1 cm³/mol. The number of benzene rings is 1. The van der Waals surface area contributed by atoms with Crippen molar-refractivity contribution in [2.75, 3.05) is 0 Å². The lowest BCUT2D eigenvalue weighted by Crippen LogP contribution is -2.35. The first-order chi connectivity index (χ1) is 9.87. The van der Waals surface area contributed by atoms with E-state index in [4.69, 9.17) is 4.42 Å². The lowest BCUT2D eigenvalue weighted by Gasteiger charge is -2.20. The van der Waals surface area contributed by atoms with E-state index in [9.17, 15) is 5.26 Å². The highest BCUT2D eigenvalue weighted by molar-refractivity contribution is 7.99. The van der Waals surface area contributed by atoms with Crippen LogP contribution >= 0.6 is 11.8 Å². The Kier molecular flexibility index (Phi) is 4.71. The molecule has 0 aliphatic rings. The third-order valence-electron chi connectivity index (χ3n) is 2.78. The molecule has 110 valence electrons. The van der Waals surface area contributed by atoms with E-state index in [2.05, 4.69) is 37.1 Å². The molecule has 4 nitrogen and oxygen atoms in total. The van der Waals surface area contributed by atoms with Crippen LogP contribution in [0.5, 0.6) is 0 Å². The summed E-state index contributed by atoms with van der Waals surface area (Å²) in [5.74, 6) is 0. The first-order valence-electron chi connectivity index (χ1n) is 6.75. The van der Waals surface area contributed by atoms with Gasteiger partial charge in [-0.05, 0) is 57.2 Å². The molecule has 0 spiro atoms. The second-order valence-corrected chi connectivity index (χ2v) is 6.90. The van der Waals surface area contributed by atoms with Crippen LogP contribution in [0.15, 0.2) is 39.0 Å². The predicted octanol–water partition coefficient (Wildman–Crippen LogP) is 3.89. The highest BCUT2D eigenvalue weighted by Crippen LogP contribution is 2.30. The summed E-state index contributed by atoms with van der Waals surface area (Å²) in [6.07, 6.45) is 1.61. The summed E-state index contributed by atoms with van der Waals surface area (Å²) in [7, 11) is 0. The second-order valence-electron chi connectivity index (χ2n) is 5.90.